The van der Waals surface area contributed by atoms with Crippen molar-refractivity contribution in [3.63, 3.8) is 0 Å². The van der Waals surface area contributed by atoms with E-state index in [-0.39, 0.29) is 100 Å². The first-order valence-corrected chi connectivity index (χ1v) is 28.0. The Hall–Kier alpha value is -11.3. The first-order chi connectivity index (χ1) is 43.7. The maximum atomic E-state index is 14.6. The molecule has 27 nitrogen and oxygen atoms in total. The van der Waals surface area contributed by atoms with Crippen LogP contribution >= 0.6 is 12.4 Å². The van der Waals surface area contributed by atoms with Gasteiger partial charge in [0.2, 0.25) is 6.33 Å². The van der Waals surface area contributed by atoms with Crippen LogP contribution in [0.4, 0.5) is 13.2 Å². The molecule has 2 saturated heterocycles. The maximum Gasteiger partial charge on any atom is 0.377 e. The monoisotopic (exact) mass is 1300 g/mol. The Morgan fingerprint density at radius 1 is 0.554 bits per heavy atom. The number of carboxylic acids is 1. The zero-order valence-corrected chi connectivity index (χ0v) is 50.6. The first-order valence-electron chi connectivity index (χ1n) is 28.0. The number of amides is 3. The number of aromatic nitrogens is 17. The van der Waals surface area contributed by atoms with Crippen molar-refractivity contribution in [1.82, 2.24) is 94.2 Å². The third kappa shape index (κ3) is 15.1. The Labute approximate surface area is 532 Å². The lowest BCUT2D eigenvalue weighted by Crippen LogP contribution is -3.00. The minimum absolute atomic E-state index is 0. The normalized spacial score (nSPS) is 12.6. The molecule has 2 aliphatic heterocycles. The third-order valence-corrected chi connectivity index (χ3v) is 14.3. The van der Waals surface area contributed by atoms with E-state index in [4.69, 9.17) is 5.11 Å². The molecule has 2 aliphatic rings. The summed E-state index contributed by atoms with van der Waals surface area (Å²) in [5.74, 6) is -5.27. The van der Waals surface area contributed by atoms with Crippen molar-refractivity contribution < 1.29 is 64.0 Å². The van der Waals surface area contributed by atoms with E-state index >= 15 is 0 Å². The summed E-state index contributed by atoms with van der Waals surface area (Å²) in [4.78, 5) is 97.9. The minimum Gasteiger partial charge on any atom is -1.00 e. The van der Waals surface area contributed by atoms with Crippen molar-refractivity contribution in [2.75, 3.05) is 39.3 Å². The van der Waals surface area contributed by atoms with E-state index in [2.05, 4.69) is 84.9 Å². The highest BCUT2D eigenvalue weighted by molar-refractivity contribution is 6.45. The number of Topliss-reactive ketones (excluding diaryl/α,β-unsaturated/α-hetero) is 2. The molecular weight excluding hydrogens is 1240 g/mol. The summed E-state index contributed by atoms with van der Waals surface area (Å²) in [5, 5.41) is 31.4. The number of nitrogens with one attached hydrogen (secondary N) is 3. The SMILES string of the molecule is CCn1cc[n+](C)c1.Cl.Fc1cnc(-n2ccnn2)c2[nH]ccc12.O=C(C(=O)N1CCN(C(=O)c2ccccc2)CC1)c1c[nH]c2c(-n3ccnn3)ncc(F)c12.O=C(O)C(=O)c1c[nH]c2c(-n3ccnn3)ncc(F)c12.O=C(c1ccccc1)N1CCCCC1.[Cl-]. The quantitative estimate of drug-likeness (QED) is 0.0867. The van der Waals surface area contributed by atoms with E-state index in [1.807, 2.05) is 59.1 Å². The second-order valence-corrected chi connectivity index (χ2v) is 20.0. The van der Waals surface area contributed by atoms with Gasteiger partial charge in [0.15, 0.2) is 34.9 Å². The number of imidazole rings is 1. The lowest BCUT2D eigenvalue weighted by molar-refractivity contribution is -0.671. The number of hydrogen-bond acceptors (Lipinski definition) is 15. The number of hydrogen-bond donors (Lipinski definition) is 4. The summed E-state index contributed by atoms with van der Waals surface area (Å²) in [7, 11) is 2.02. The molecular formula is C60H57Cl2F3N20O7. The van der Waals surface area contributed by atoms with Crippen LogP contribution in [0.1, 0.15) is 67.6 Å². The average Bonchev–Trinajstić information content (AvgIpc) is 1.60. The predicted octanol–water partition coefficient (Wildman–Crippen LogP) is 3.35. The van der Waals surface area contributed by atoms with Crippen LogP contribution in [0.3, 0.4) is 0 Å². The van der Waals surface area contributed by atoms with Gasteiger partial charge in [0.1, 0.15) is 12.4 Å². The molecule has 0 atom stereocenters. The maximum absolute atomic E-state index is 14.6. The number of piperazine rings is 1. The van der Waals surface area contributed by atoms with Crippen LogP contribution in [0.5, 0.6) is 0 Å². The van der Waals surface area contributed by atoms with Crippen LogP contribution < -0.4 is 17.0 Å². The molecule has 0 unspecified atom stereocenters. The van der Waals surface area contributed by atoms with Crippen molar-refractivity contribution >= 4 is 80.4 Å². The van der Waals surface area contributed by atoms with Crippen LogP contribution in [-0.2, 0) is 23.2 Å². The number of aliphatic carboxylic acids is 1. The van der Waals surface area contributed by atoms with Crippen molar-refractivity contribution in [3.8, 4) is 17.5 Å². The third-order valence-electron chi connectivity index (χ3n) is 14.3. The van der Waals surface area contributed by atoms with Crippen molar-refractivity contribution in [1.29, 1.82) is 0 Å². The smallest absolute Gasteiger partial charge is 0.377 e. The fourth-order valence-electron chi connectivity index (χ4n) is 9.84. The molecule has 92 heavy (non-hydrogen) atoms. The number of aryl methyl sites for hydroxylation is 2. The summed E-state index contributed by atoms with van der Waals surface area (Å²) >= 11 is 0. The van der Waals surface area contributed by atoms with Crippen molar-refractivity contribution in [3.05, 3.63) is 200 Å². The van der Waals surface area contributed by atoms with Crippen molar-refractivity contribution in [2.45, 2.75) is 32.7 Å². The molecule has 14 rings (SSSR count). The molecule has 12 aromatic rings. The van der Waals surface area contributed by atoms with E-state index < -0.39 is 35.1 Å². The Kier molecular flexibility index (Phi) is 22.3. The van der Waals surface area contributed by atoms with Crippen LogP contribution in [-0.4, -0.2) is 174 Å². The van der Waals surface area contributed by atoms with Gasteiger partial charge in [-0.25, -0.2) is 56.1 Å². The minimum atomic E-state index is -1.66. The van der Waals surface area contributed by atoms with Gasteiger partial charge in [-0.1, -0.05) is 52.0 Å². The molecule has 10 aromatic heterocycles. The van der Waals surface area contributed by atoms with Gasteiger partial charge in [-0.2, -0.15) is 0 Å². The number of pyridine rings is 3. The lowest BCUT2D eigenvalue weighted by atomic mass is 10.1. The molecule has 4 N–H and O–H groups in total. The number of benzene rings is 2. The van der Waals surface area contributed by atoms with Crippen LogP contribution in [0, 0.1) is 17.5 Å². The standard InChI is InChI=1S/C22H18FN7O3.C12H15NO.C11H6FN5O3.C9H6FN5.C6H11N2.2ClH/c23-16-13-25-20(30-7-6-26-27-30)18-17(16)15(12-24-18)19(31)22(33)29-10-8-28(9-11-29)21(32)14-4-2-1-3-5-14;14-12(11-7-3-1-4-8-11)13-9-5-2-6-10-13;12-6-4-14-10(17-2-1-15-16-17)8-7(6)5(3-13-8)9(18)11(19)20;10-7-5-12-9(15-4-3-13-14-15)8-6(7)1-2-11-8;1-3-8-5-4-7(2)6-8;;/h1-7,12-13,24H,8-11H2;1,3-4,7-8H,2,5-6,9-10H2;1-4,13H,(H,19,20);1-5,11H;4-6H,3H2,1-2H3;2*1H/q;;;;+1;;/p-1. The number of likely N-dealkylation sites (tertiary alicyclic amines) is 1. The second kappa shape index (κ2) is 30.8. The van der Waals surface area contributed by atoms with E-state index in [1.165, 1.54) is 62.5 Å². The van der Waals surface area contributed by atoms with Gasteiger partial charge in [0.25, 0.3) is 29.3 Å². The number of halogens is 5. The summed E-state index contributed by atoms with van der Waals surface area (Å²) in [6, 6.07) is 20.1. The highest BCUT2D eigenvalue weighted by atomic mass is 35.5. The highest BCUT2D eigenvalue weighted by Crippen LogP contribution is 2.28. The molecule has 32 heteroatoms. The molecule has 0 radical (unpaired) electrons. The van der Waals surface area contributed by atoms with Crippen LogP contribution in [0.15, 0.2) is 160 Å². The molecule has 2 fully saturated rings. The summed E-state index contributed by atoms with van der Waals surface area (Å²) in [6.45, 7) is 6.05. The Morgan fingerprint density at radius 2 is 1.00 bits per heavy atom. The number of aromatic amines is 3. The van der Waals surface area contributed by atoms with Crippen LogP contribution in [0.25, 0.3) is 50.2 Å². The van der Waals surface area contributed by atoms with Crippen LogP contribution in [0.2, 0.25) is 0 Å². The first kappa shape index (κ1) is 66.7. The summed E-state index contributed by atoms with van der Waals surface area (Å²) < 4.78 is 50.0. The highest BCUT2D eigenvalue weighted by Gasteiger charge is 2.32. The Bertz CT molecular complexity index is 4460. The Balaban J connectivity index is 0.000000159. The molecule has 0 aliphatic carbocycles. The van der Waals surface area contributed by atoms with E-state index in [1.54, 1.807) is 53.8 Å². The average molecular weight is 1300 g/mol. The molecule has 0 saturated carbocycles. The molecule has 0 bridgehead atoms. The largest absolute Gasteiger partial charge is 1.00 e. The van der Waals surface area contributed by atoms with Crippen molar-refractivity contribution in [2.24, 2.45) is 7.05 Å². The van der Waals surface area contributed by atoms with E-state index in [9.17, 15) is 41.9 Å². The number of carbonyl (C=O) groups is 6. The summed E-state index contributed by atoms with van der Waals surface area (Å²) in [6.07, 6.45) is 25.9. The molecule has 12 heterocycles. The van der Waals surface area contributed by atoms with Gasteiger partial charge in [0.05, 0.1) is 108 Å². The number of ketones is 2. The van der Waals surface area contributed by atoms with Gasteiger partial charge in [-0.3, -0.25) is 24.0 Å². The van der Waals surface area contributed by atoms with Gasteiger partial charge in [-0.05, 0) is 56.5 Å². The molecule has 474 valence electrons. The molecule has 0 spiro atoms. The van der Waals surface area contributed by atoms with Gasteiger partial charge in [-0.15, -0.1) is 27.7 Å². The zero-order valence-electron chi connectivity index (χ0n) is 49.0. The fourth-order valence-corrected chi connectivity index (χ4v) is 9.84. The number of carboxylic acid groups (broad SMARTS) is 1. The van der Waals surface area contributed by atoms with Gasteiger partial charge >= 0.3 is 5.97 Å². The predicted molar refractivity (Wildman–Crippen MR) is 323 cm³/mol. The number of rotatable bonds is 10. The van der Waals surface area contributed by atoms with Gasteiger partial charge < -0.3 is 47.2 Å². The Morgan fingerprint density at radius 3 is 1.42 bits per heavy atom. The fraction of sp³-hybridized carbons (Fsp3) is 0.200. The zero-order chi connectivity index (χ0) is 63.3. The van der Waals surface area contributed by atoms with E-state index in [0.29, 0.717) is 35.4 Å². The number of carbonyl (C=O) groups excluding carboxylic acids is 5. The summed E-state index contributed by atoms with van der Waals surface area (Å²) in [5.41, 5.74) is 2.04. The lowest BCUT2D eigenvalue weighted by Gasteiger charge is -2.34. The number of H-pyrrole nitrogens is 3. The van der Waals surface area contributed by atoms with E-state index in [0.717, 1.165) is 56.6 Å². The number of piperidine rings is 1. The number of nitrogens with zero attached hydrogens (tertiary/aromatic N) is 17. The molecule has 2 aromatic carbocycles. The number of fused-ring (bicyclic) bond motifs is 3. The van der Waals surface area contributed by atoms with Gasteiger partial charge in [0, 0.05) is 74.4 Å². The second-order valence-electron chi connectivity index (χ2n) is 20.0. The molecule has 3 amide bonds. The topological polar surface area (TPSA) is 319 Å².